The van der Waals surface area contributed by atoms with Crippen LogP contribution in [-0.2, 0) is 22.3 Å². The number of nitrogens with two attached hydrogens (primary N) is 1. The lowest BCUT2D eigenvalue weighted by Gasteiger charge is -2.35. The summed E-state index contributed by atoms with van der Waals surface area (Å²) in [5.41, 5.74) is 8.34. The molecule has 116 valence electrons. The molecule has 1 fully saturated rings. The molecule has 1 saturated heterocycles. The van der Waals surface area contributed by atoms with Crippen LogP contribution in [-0.4, -0.2) is 49.5 Å². The van der Waals surface area contributed by atoms with Gasteiger partial charge in [0.05, 0.1) is 18.4 Å². The number of aromatic nitrogens is 2. The first-order valence-corrected chi connectivity index (χ1v) is 7.78. The third-order valence-corrected chi connectivity index (χ3v) is 4.26. The van der Waals surface area contributed by atoms with Gasteiger partial charge in [0, 0.05) is 32.4 Å². The van der Waals surface area contributed by atoms with E-state index in [0.29, 0.717) is 5.95 Å². The van der Waals surface area contributed by atoms with Gasteiger partial charge in [0.1, 0.15) is 5.82 Å². The van der Waals surface area contributed by atoms with E-state index in [1.165, 1.54) is 18.4 Å². The van der Waals surface area contributed by atoms with E-state index in [1.807, 2.05) is 0 Å². The number of rotatable bonds is 4. The number of nitrogens with zero attached hydrogens (tertiary/aromatic N) is 3. The summed E-state index contributed by atoms with van der Waals surface area (Å²) in [6, 6.07) is 0. The van der Waals surface area contributed by atoms with Gasteiger partial charge in [-0.2, -0.15) is 4.98 Å². The van der Waals surface area contributed by atoms with Gasteiger partial charge in [-0.05, 0) is 32.1 Å². The van der Waals surface area contributed by atoms with E-state index in [0.717, 1.165) is 57.1 Å². The Morgan fingerprint density at radius 3 is 3.05 bits per heavy atom. The molecule has 1 aliphatic carbocycles. The third kappa shape index (κ3) is 3.27. The molecule has 0 amide bonds. The van der Waals surface area contributed by atoms with Crippen LogP contribution in [0.2, 0.25) is 0 Å². The minimum atomic E-state index is 0.203. The summed E-state index contributed by atoms with van der Waals surface area (Å²) in [4.78, 5) is 11.3. The second-order valence-electron chi connectivity index (χ2n) is 5.76. The van der Waals surface area contributed by atoms with Crippen molar-refractivity contribution in [3.8, 4) is 0 Å². The molecule has 21 heavy (non-hydrogen) atoms. The molecular formula is C15H24N4O2. The summed E-state index contributed by atoms with van der Waals surface area (Å²) >= 11 is 0. The lowest BCUT2D eigenvalue weighted by molar-refractivity contribution is 0.0188. The Kier molecular flexibility index (Phi) is 4.55. The maximum Gasteiger partial charge on any atom is 0.222 e. The van der Waals surface area contributed by atoms with Crippen molar-refractivity contribution in [2.24, 2.45) is 0 Å². The van der Waals surface area contributed by atoms with E-state index < -0.39 is 0 Å². The van der Waals surface area contributed by atoms with Crippen LogP contribution in [0.5, 0.6) is 0 Å². The molecule has 0 radical (unpaired) electrons. The van der Waals surface area contributed by atoms with Gasteiger partial charge < -0.3 is 20.1 Å². The van der Waals surface area contributed by atoms with Crippen molar-refractivity contribution in [3.05, 3.63) is 11.3 Å². The number of hydrogen-bond donors (Lipinski definition) is 1. The fourth-order valence-electron chi connectivity index (χ4n) is 3.19. The molecule has 0 spiro atoms. The lowest BCUT2D eigenvalue weighted by atomic mass is 9.96. The number of fused-ring (bicyclic) bond motifs is 1. The molecule has 6 heteroatoms. The lowest BCUT2D eigenvalue weighted by Crippen LogP contribution is -2.44. The van der Waals surface area contributed by atoms with E-state index in [4.69, 9.17) is 15.2 Å². The van der Waals surface area contributed by atoms with Crippen LogP contribution in [0.4, 0.5) is 11.8 Å². The Balaban J connectivity index is 1.80. The largest absolute Gasteiger partial charge is 0.385 e. The van der Waals surface area contributed by atoms with Crippen LogP contribution in [0.3, 0.4) is 0 Å². The molecule has 1 atom stereocenters. The Hall–Kier alpha value is -1.40. The first-order chi connectivity index (χ1) is 10.3. The minimum absolute atomic E-state index is 0.203. The summed E-state index contributed by atoms with van der Waals surface area (Å²) in [5.74, 6) is 1.42. The van der Waals surface area contributed by atoms with Crippen molar-refractivity contribution < 1.29 is 9.47 Å². The average Bonchev–Trinajstić information content (AvgIpc) is 2.52. The molecule has 3 rings (SSSR count). The van der Waals surface area contributed by atoms with Crippen molar-refractivity contribution >= 4 is 11.8 Å². The minimum Gasteiger partial charge on any atom is -0.385 e. The first kappa shape index (κ1) is 14.5. The fraction of sp³-hybridized carbons (Fsp3) is 0.733. The molecule has 0 bridgehead atoms. The quantitative estimate of drug-likeness (QED) is 0.898. The molecule has 2 aliphatic rings. The van der Waals surface area contributed by atoms with E-state index in [2.05, 4.69) is 14.9 Å². The topological polar surface area (TPSA) is 73.5 Å². The van der Waals surface area contributed by atoms with E-state index >= 15 is 0 Å². The molecule has 1 aromatic heterocycles. The normalized spacial score (nSPS) is 22.1. The van der Waals surface area contributed by atoms with Crippen molar-refractivity contribution in [1.29, 1.82) is 0 Å². The molecule has 6 nitrogen and oxygen atoms in total. The Bertz CT molecular complexity index is 495. The fourth-order valence-corrected chi connectivity index (χ4v) is 3.19. The highest BCUT2D eigenvalue weighted by Crippen LogP contribution is 2.29. The van der Waals surface area contributed by atoms with Crippen LogP contribution in [0.15, 0.2) is 0 Å². The zero-order valence-corrected chi connectivity index (χ0v) is 12.7. The molecule has 1 aromatic rings. The van der Waals surface area contributed by atoms with Gasteiger partial charge in [-0.15, -0.1) is 0 Å². The van der Waals surface area contributed by atoms with Crippen molar-refractivity contribution in [1.82, 2.24) is 9.97 Å². The summed E-state index contributed by atoms with van der Waals surface area (Å²) < 4.78 is 11.0. The zero-order valence-electron chi connectivity index (χ0n) is 12.7. The molecule has 0 aromatic carbocycles. The zero-order chi connectivity index (χ0) is 14.7. The standard InChI is InChI=1S/C15H24N4O2/c1-20-8-6-11-10-19(7-9-21-11)14-12-4-2-3-5-13(12)17-15(16)18-14/h11H,2-10H2,1H3,(H2,16,17,18). The molecule has 2 N–H and O–H groups in total. The highest BCUT2D eigenvalue weighted by molar-refractivity contribution is 5.53. The number of ether oxygens (including phenoxy) is 2. The molecule has 0 saturated carbocycles. The average molecular weight is 292 g/mol. The van der Waals surface area contributed by atoms with Crippen LogP contribution in [0, 0.1) is 0 Å². The first-order valence-electron chi connectivity index (χ1n) is 7.78. The SMILES string of the molecule is COCCC1CN(c2nc(N)nc3c2CCCC3)CCO1. The van der Waals surface area contributed by atoms with Crippen molar-refractivity contribution in [2.75, 3.05) is 44.0 Å². The van der Waals surface area contributed by atoms with Gasteiger partial charge in [0.2, 0.25) is 5.95 Å². The molecule has 1 aliphatic heterocycles. The molecular weight excluding hydrogens is 268 g/mol. The number of nitrogen functional groups attached to an aromatic ring is 1. The summed E-state index contributed by atoms with van der Waals surface area (Å²) in [7, 11) is 1.72. The molecule has 1 unspecified atom stereocenters. The number of morpholine rings is 1. The van der Waals surface area contributed by atoms with Crippen LogP contribution in [0.1, 0.15) is 30.5 Å². The number of anilines is 2. The maximum absolute atomic E-state index is 5.90. The maximum atomic E-state index is 5.90. The number of methoxy groups -OCH3 is 1. The van der Waals surface area contributed by atoms with Crippen LogP contribution < -0.4 is 10.6 Å². The predicted octanol–water partition coefficient (Wildman–Crippen LogP) is 1.18. The van der Waals surface area contributed by atoms with Crippen LogP contribution >= 0.6 is 0 Å². The van der Waals surface area contributed by atoms with Crippen molar-refractivity contribution in [3.63, 3.8) is 0 Å². The predicted molar refractivity (Wildman–Crippen MR) is 81.5 cm³/mol. The Morgan fingerprint density at radius 1 is 1.33 bits per heavy atom. The van der Waals surface area contributed by atoms with Crippen molar-refractivity contribution in [2.45, 2.75) is 38.2 Å². The van der Waals surface area contributed by atoms with Gasteiger partial charge in [-0.3, -0.25) is 0 Å². The number of hydrogen-bond acceptors (Lipinski definition) is 6. The smallest absolute Gasteiger partial charge is 0.222 e. The monoisotopic (exact) mass is 292 g/mol. The molecule has 2 heterocycles. The van der Waals surface area contributed by atoms with Gasteiger partial charge in [0.25, 0.3) is 0 Å². The van der Waals surface area contributed by atoms with E-state index in [1.54, 1.807) is 7.11 Å². The highest BCUT2D eigenvalue weighted by atomic mass is 16.5. The summed E-state index contributed by atoms with van der Waals surface area (Å²) in [6.07, 6.45) is 5.61. The highest BCUT2D eigenvalue weighted by Gasteiger charge is 2.26. The third-order valence-electron chi connectivity index (χ3n) is 4.26. The van der Waals surface area contributed by atoms with Gasteiger partial charge in [-0.25, -0.2) is 4.98 Å². The van der Waals surface area contributed by atoms with E-state index in [9.17, 15) is 0 Å². The van der Waals surface area contributed by atoms with E-state index in [-0.39, 0.29) is 6.10 Å². The summed E-state index contributed by atoms with van der Waals surface area (Å²) in [6.45, 7) is 3.17. The van der Waals surface area contributed by atoms with Crippen LogP contribution in [0.25, 0.3) is 0 Å². The Labute approximate surface area is 125 Å². The second-order valence-corrected chi connectivity index (χ2v) is 5.76. The second kappa shape index (κ2) is 6.58. The summed E-state index contributed by atoms with van der Waals surface area (Å²) in [5, 5.41) is 0. The number of aryl methyl sites for hydroxylation is 1. The van der Waals surface area contributed by atoms with Gasteiger partial charge in [-0.1, -0.05) is 0 Å². The Morgan fingerprint density at radius 2 is 2.19 bits per heavy atom. The van der Waals surface area contributed by atoms with Gasteiger partial charge >= 0.3 is 0 Å². The van der Waals surface area contributed by atoms with Gasteiger partial charge in [0.15, 0.2) is 0 Å².